The van der Waals surface area contributed by atoms with Crippen LogP contribution in [0.5, 0.6) is 5.75 Å². The number of rotatable bonds is 5. The smallest absolute Gasteiger partial charge is 0.290 e. The van der Waals surface area contributed by atoms with Crippen LogP contribution in [-0.2, 0) is 20.7 Å². The van der Waals surface area contributed by atoms with Crippen molar-refractivity contribution in [3.05, 3.63) is 76.8 Å². The Labute approximate surface area is 203 Å². The van der Waals surface area contributed by atoms with E-state index in [4.69, 9.17) is 21.1 Å². The third-order valence-corrected chi connectivity index (χ3v) is 7.91. The van der Waals surface area contributed by atoms with E-state index < -0.39 is 17.8 Å². The summed E-state index contributed by atoms with van der Waals surface area (Å²) in [6.07, 6.45) is 1.28. The molecular weight excluding hydrogens is 457 g/mol. The lowest BCUT2D eigenvalue weighted by molar-refractivity contribution is -0.136. The van der Waals surface area contributed by atoms with E-state index in [0.29, 0.717) is 31.4 Å². The highest BCUT2D eigenvalue weighted by atomic mass is 35.5. The van der Waals surface area contributed by atoms with Gasteiger partial charge in [-0.1, -0.05) is 37.3 Å². The van der Waals surface area contributed by atoms with Crippen LogP contribution in [0.2, 0.25) is 0 Å². The summed E-state index contributed by atoms with van der Waals surface area (Å²) in [6, 6.07) is 13.1. The molecule has 3 aliphatic rings. The number of hydrogen-bond acceptors (Lipinski definition) is 4. The fraction of sp³-hybridized carbons (Fsp3) is 0.407. The van der Waals surface area contributed by atoms with E-state index in [-0.39, 0.29) is 40.4 Å². The van der Waals surface area contributed by atoms with Gasteiger partial charge in [-0.3, -0.25) is 9.59 Å². The largest absolute Gasteiger partial charge is 0.497 e. The molecule has 2 aromatic rings. The lowest BCUT2D eigenvalue weighted by atomic mass is 9.74. The topological polar surface area (TPSA) is 55.8 Å². The van der Waals surface area contributed by atoms with Crippen molar-refractivity contribution >= 4 is 23.3 Å². The quantitative estimate of drug-likeness (QED) is 0.571. The molecule has 2 aromatic carbocycles. The van der Waals surface area contributed by atoms with E-state index in [1.54, 1.807) is 30.2 Å². The Bertz CT molecular complexity index is 1150. The molecule has 0 N–H and O–H groups in total. The molecule has 2 aliphatic heterocycles. The fourth-order valence-corrected chi connectivity index (χ4v) is 5.65. The molecule has 5 nitrogen and oxygen atoms in total. The van der Waals surface area contributed by atoms with Crippen molar-refractivity contribution in [2.45, 2.75) is 43.7 Å². The summed E-state index contributed by atoms with van der Waals surface area (Å²) in [6.45, 7) is 2.35. The van der Waals surface area contributed by atoms with E-state index >= 15 is 0 Å². The molecule has 2 heterocycles. The first-order valence-corrected chi connectivity index (χ1v) is 12.1. The summed E-state index contributed by atoms with van der Waals surface area (Å²) in [5.41, 5.74) is 1.58. The minimum atomic E-state index is -0.816. The predicted octanol–water partition coefficient (Wildman–Crippen LogP) is 4.84. The third kappa shape index (κ3) is 3.88. The maximum Gasteiger partial charge on any atom is 0.290 e. The van der Waals surface area contributed by atoms with E-state index in [2.05, 4.69) is 0 Å². The number of amides is 1. The highest BCUT2D eigenvalue weighted by Gasteiger charge is 2.53. The number of carbonyl (C=O) groups excluding carboxylic acids is 2. The summed E-state index contributed by atoms with van der Waals surface area (Å²) in [5, 5.41) is -0.133. The number of nitrogens with zero attached hydrogens (tertiary/aromatic N) is 1. The number of hydrogen-bond donors (Lipinski definition) is 0. The molecule has 0 aromatic heterocycles. The van der Waals surface area contributed by atoms with Crippen molar-refractivity contribution in [1.29, 1.82) is 0 Å². The van der Waals surface area contributed by atoms with Crippen LogP contribution in [0.3, 0.4) is 0 Å². The maximum absolute atomic E-state index is 15.0. The van der Waals surface area contributed by atoms with Gasteiger partial charge in [-0.25, -0.2) is 4.39 Å². The van der Waals surface area contributed by atoms with Gasteiger partial charge in [-0.05, 0) is 48.9 Å². The van der Waals surface area contributed by atoms with Crippen LogP contribution in [0.15, 0.2) is 59.9 Å². The molecule has 5 unspecified atom stereocenters. The van der Waals surface area contributed by atoms with Gasteiger partial charge in [0.05, 0.1) is 24.6 Å². The summed E-state index contributed by atoms with van der Waals surface area (Å²) < 4.78 is 26.4. The van der Waals surface area contributed by atoms with Crippen LogP contribution in [-0.4, -0.2) is 41.7 Å². The predicted molar refractivity (Wildman–Crippen MR) is 126 cm³/mol. The Hall–Kier alpha value is -2.86. The number of Topliss-reactive ketones (excluding diaryl/α,β-unsaturated/α-hetero) is 1. The Morgan fingerprint density at radius 3 is 2.56 bits per heavy atom. The first-order valence-electron chi connectivity index (χ1n) is 11.7. The summed E-state index contributed by atoms with van der Waals surface area (Å²) in [5.74, 6) is -0.360. The fourth-order valence-electron chi connectivity index (χ4n) is 5.36. The van der Waals surface area contributed by atoms with Crippen LogP contribution in [0, 0.1) is 17.7 Å². The van der Waals surface area contributed by atoms with Gasteiger partial charge in [0, 0.05) is 17.5 Å². The molecule has 0 bridgehead atoms. The second-order valence-corrected chi connectivity index (χ2v) is 9.92. The zero-order valence-electron chi connectivity index (χ0n) is 19.2. The Balaban J connectivity index is 1.49. The maximum atomic E-state index is 15.0. The Morgan fingerprint density at radius 1 is 1.12 bits per heavy atom. The molecule has 0 radical (unpaired) electrons. The molecule has 1 aliphatic carbocycles. The van der Waals surface area contributed by atoms with Crippen LogP contribution in [0.1, 0.15) is 36.9 Å². The number of benzene rings is 2. The Morgan fingerprint density at radius 2 is 1.85 bits per heavy atom. The van der Waals surface area contributed by atoms with Gasteiger partial charge in [-0.2, -0.15) is 0 Å². The van der Waals surface area contributed by atoms with Gasteiger partial charge in [0.25, 0.3) is 5.91 Å². The summed E-state index contributed by atoms with van der Waals surface area (Å²) in [4.78, 5) is 28.8. The van der Waals surface area contributed by atoms with Gasteiger partial charge in [-0.15, -0.1) is 11.6 Å². The van der Waals surface area contributed by atoms with Crippen molar-refractivity contribution in [2.75, 3.05) is 13.7 Å². The first kappa shape index (κ1) is 22.9. The normalized spacial score (nSPS) is 28.5. The van der Waals surface area contributed by atoms with Crippen molar-refractivity contribution in [3.63, 3.8) is 0 Å². The number of ether oxygens (including phenoxy) is 2. The van der Waals surface area contributed by atoms with Crippen molar-refractivity contribution in [2.24, 2.45) is 11.8 Å². The second-order valence-electron chi connectivity index (χ2n) is 9.36. The van der Waals surface area contributed by atoms with Crippen LogP contribution in [0.25, 0.3) is 0 Å². The van der Waals surface area contributed by atoms with Gasteiger partial charge < -0.3 is 14.4 Å². The van der Waals surface area contributed by atoms with E-state index in [1.807, 2.05) is 31.2 Å². The van der Waals surface area contributed by atoms with Crippen molar-refractivity contribution in [1.82, 2.24) is 4.90 Å². The van der Waals surface area contributed by atoms with Crippen molar-refractivity contribution < 1.29 is 23.5 Å². The molecule has 5 atom stereocenters. The van der Waals surface area contributed by atoms with Crippen molar-refractivity contribution in [3.8, 4) is 5.75 Å². The molecule has 1 saturated carbocycles. The second kappa shape index (κ2) is 9.06. The van der Waals surface area contributed by atoms with Gasteiger partial charge in [0.15, 0.2) is 11.5 Å². The third-order valence-electron chi connectivity index (χ3n) is 7.31. The zero-order valence-corrected chi connectivity index (χ0v) is 19.9. The number of ketones is 1. The molecule has 1 amide bonds. The molecule has 0 spiro atoms. The number of methoxy groups -OCH3 is 1. The van der Waals surface area contributed by atoms with Gasteiger partial charge in [0.1, 0.15) is 17.7 Å². The minimum absolute atomic E-state index is 0.0782. The average molecular weight is 484 g/mol. The van der Waals surface area contributed by atoms with Crippen LogP contribution < -0.4 is 4.74 Å². The van der Waals surface area contributed by atoms with Gasteiger partial charge in [0.2, 0.25) is 0 Å². The van der Waals surface area contributed by atoms with E-state index in [0.717, 1.165) is 11.3 Å². The molecule has 178 valence electrons. The number of carbonyl (C=O) groups is 2. The number of halogens is 2. The number of fused-ring (bicyclic) bond motifs is 1. The molecule has 1 fully saturated rings. The molecule has 5 rings (SSSR count). The zero-order chi connectivity index (χ0) is 24.0. The number of alkyl halides is 1. The van der Waals surface area contributed by atoms with E-state index in [9.17, 15) is 14.0 Å². The molecule has 34 heavy (non-hydrogen) atoms. The molecule has 7 heteroatoms. The highest BCUT2D eigenvalue weighted by Crippen LogP contribution is 2.48. The van der Waals surface area contributed by atoms with Crippen LogP contribution >= 0.6 is 11.6 Å². The monoisotopic (exact) mass is 483 g/mol. The molecule has 0 saturated heterocycles. The lowest BCUT2D eigenvalue weighted by Crippen LogP contribution is -2.44. The van der Waals surface area contributed by atoms with E-state index in [1.165, 1.54) is 6.07 Å². The molecular formula is C27H27ClFNO4. The summed E-state index contributed by atoms with van der Waals surface area (Å²) in [7, 11) is 1.61. The standard InChI is InChI=1S/C27H27ClFNO4/c1-15-13-22-19(14-20(15)28)25(31)23-24(18-5-3-4-6-21(18)29)30(27(32)26(23)34-22)12-11-16-7-9-17(33-2)10-8-16/h3-10,15,19-20,22,24H,11-14H2,1-2H3. The first-order chi connectivity index (χ1) is 16.4. The van der Waals surface area contributed by atoms with Crippen LogP contribution in [0.4, 0.5) is 4.39 Å². The highest BCUT2D eigenvalue weighted by molar-refractivity contribution is 6.21. The SMILES string of the molecule is COc1ccc(CCN2C(=O)C3=C(C(=O)C4CC(Cl)C(C)CC4O3)C2c2ccccc2F)cc1. The summed E-state index contributed by atoms with van der Waals surface area (Å²) >= 11 is 6.50. The average Bonchev–Trinajstić information content (AvgIpc) is 3.11. The Kier molecular flexibility index (Phi) is 6.11. The lowest BCUT2D eigenvalue weighted by Gasteiger charge is -2.40. The van der Waals surface area contributed by atoms with Gasteiger partial charge >= 0.3 is 0 Å². The minimum Gasteiger partial charge on any atom is -0.497 e.